The Kier molecular flexibility index (Phi) is 5.68. The molecule has 32 heavy (non-hydrogen) atoms. The van der Waals surface area contributed by atoms with Crippen LogP contribution in [0.5, 0.6) is 0 Å². The molecule has 1 aromatic heterocycles. The fraction of sp³-hybridized carbons (Fsp3) is 0.208. The van der Waals surface area contributed by atoms with Gasteiger partial charge in [0.1, 0.15) is 0 Å². The van der Waals surface area contributed by atoms with E-state index >= 15 is 0 Å². The number of aryl methyl sites for hydroxylation is 1. The zero-order chi connectivity index (χ0) is 22.8. The van der Waals surface area contributed by atoms with Crippen LogP contribution in [-0.2, 0) is 14.3 Å². The van der Waals surface area contributed by atoms with Gasteiger partial charge in [-0.25, -0.2) is 4.79 Å². The first kappa shape index (κ1) is 21.2. The number of anilines is 2. The lowest BCUT2D eigenvalue weighted by Crippen LogP contribution is -2.28. The minimum absolute atomic E-state index is 0.198. The van der Waals surface area contributed by atoms with Crippen molar-refractivity contribution in [2.75, 3.05) is 16.8 Å². The van der Waals surface area contributed by atoms with Gasteiger partial charge in [0.25, 0.3) is 5.91 Å². The summed E-state index contributed by atoms with van der Waals surface area (Å²) in [6.07, 6.45) is 0.395. The van der Waals surface area contributed by atoms with Gasteiger partial charge in [0.05, 0.1) is 29.1 Å². The van der Waals surface area contributed by atoms with Gasteiger partial charge in [-0.15, -0.1) is 0 Å². The van der Waals surface area contributed by atoms with Crippen LogP contribution in [0.15, 0.2) is 48.5 Å². The fourth-order valence-electron chi connectivity index (χ4n) is 3.62. The van der Waals surface area contributed by atoms with Gasteiger partial charge < -0.3 is 10.1 Å². The molecule has 0 bridgehead atoms. The molecule has 0 saturated carbocycles. The summed E-state index contributed by atoms with van der Waals surface area (Å²) >= 11 is 0. The summed E-state index contributed by atoms with van der Waals surface area (Å²) in [6, 6.07) is 13.0. The Bertz CT molecular complexity index is 1230. The molecule has 1 saturated heterocycles. The van der Waals surface area contributed by atoms with E-state index in [0.29, 0.717) is 39.1 Å². The van der Waals surface area contributed by atoms with Crippen LogP contribution in [0.1, 0.15) is 46.2 Å². The van der Waals surface area contributed by atoms with Gasteiger partial charge in [-0.2, -0.15) is 0 Å². The van der Waals surface area contributed by atoms with Crippen LogP contribution in [-0.4, -0.2) is 35.3 Å². The summed E-state index contributed by atoms with van der Waals surface area (Å²) in [4.78, 5) is 54.4. The van der Waals surface area contributed by atoms with Crippen molar-refractivity contribution in [2.24, 2.45) is 0 Å². The van der Waals surface area contributed by atoms with Crippen molar-refractivity contribution < 1.29 is 23.9 Å². The van der Waals surface area contributed by atoms with Crippen LogP contribution in [0.2, 0.25) is 0 Å². The SMILES string of the molecule is CCOC(=O)c1ccc2nc(C)cc(NC(=O)c3ccc(N4C(=O)CCC4=O)cc3)c2c1. The normalized spacial score (nSPS) is 13.5. The molecule has 1 N–H and O–H groups in total. The quantitative estimate of drug-likeness (QED) is 0.489. The maximum atomic E-state index is 12.9. The number of aromatic nitrogens is 1. The van der Waals surface area contributed by atoms with Crippen LogP contribution < -0.4 is 10.2 Å². The van der Waals surface area contributed by atoms with Gasteiger partial charge in [0, 0.05) is 29.5 Å². The third-order valence-electron chi connectivity index (χ3n) is 5.14. The number of rotatable bonds is 5. The number of pyridine rings is 1. The summed E-state index contributed by atoms with van der Waals surface area (Å²) in [5, 5.41) is 3.48. The summed E-state index contributed by atoms with van der Waals surface area (Å²) in [6.45, 7) is 3.81. The highest BCUT2D eigenvalue weighted by Crippen LogP contribution is 2.27. The van der Waals surface area contributed by atoms with Crippen LogP contribution in [0.25, 0.3) is 10.9 Å². The van der Waals surface area contributed by atoms with Crippen LogP contribution in [0.3, 0.4) is 0 Å². The number of esters is 1. The molecule has 8 nitrogen and oxygen atoms in total. The number of hydrogen-bond donors (Lipinski definition) is 1. The number of ether oxygens (including phenoxy) is 1. The second kappa shape index (κ2) is 8.58. The van der Waals surface area contributed by atoms with Gasteiger partial charge in [0.2, 0.25) is 11.8 Å². The zero-order valence-corrected chi connectivity index (χ0v) is 17.7. The van der Waals surface area contributed by atoms with E-state index in [2.05, 4.69) is 10.3 Å². The molecule has 0 atom stereocenters. The lowest BCUT2D eigenvalue weighted by molar-refractivity contribution is -0.121. The van der Waals surface area contributed by atoms with Crippen molar-refractivity contribution >= 4 is 46.0 Å². The fourth-order valence-corrected chi connectivity index (χ4v) is 3.62. The molecule has 2 aromatic carbocycles. The van der Waals surface area contributed by atoms with Gasteiger partial charge in [-0.1, -0.05) is 0 Å². The summed E-state index contributed by atoms with van der Waals surface area (Å²) < 4.78 is 5.06. The molecule has 0 aliphatic carbocycles. The lowest BCUT2D eigenvalue weighted by Gasteiger charge is -2.14. The van der Waals surface area contributed by atoms with Crippen molar-refractivity contribution in [3.63, 3.8) is 0 Å². The van der Waals surface area contributed by atoms with Crippen molar-refractivity contribution in [2.45, 2.75) is 26.7 Å². The first-order chi connectivity index (χ1) is 15.4. The average Bonchev–Trinajstić information content (AvgIpc) is 3.11. The molecule has 0 spiro atoms. The maximum Gasteiger partial charge on any atom is 0.338 e. The second-order valence-corrected chi connectivity index (χ2v) is 7.39. The predicted octanol–water partition coefficient (Wildman–Crippen LogP) is 3.63. The Morgan fingerprint density at radius 3 is 2.31 bits per heavy atom. The first-order valence-corrected chi connectivity index (χ1v) is 10.2. The topological polar surface area (TPSA) is 106 Å². The van der Waals surface area contributed by atoms with Gasteiger partial charge >= 0.3 is 5.97 Å². The van der Waals surface area contributed by atoms with Crippen molar-refractivity contribution in [1.29, 1.82) is 0 Å². The van der Waals surface area contributed by atoms with Gasteiger partial charge in [-0.3, -0.25) is 24.3 Å². The number of fused-ring (bicyclic) bond motifs is 1. The number of benzene rings is 2. The molecule has 4 rings (SSSR count). The Labute approximate surface area is 184 Å². The van der Waals surface area contributed by atoms with Crippen LogP contribution in [0, 0.1) is 6.92 Å². The van der Waals surface area contributed by atoms with E-state index in [1.165, 1.54) is 0 Å². The Hall–Kier alpha value is -4.07. The average molecular weight is 431 g/mol. The van der Waals surface area contributed by atoms with E-state index in [9.17, 15) is 19.2 Å². The van der Waals surface area contributed by atoms with Gasteiger partial charge in [-0.05, 0) is 62.4 Å². The highest BCUT2D eigenvalue weighted by molar-refractivity contribution is 6.20. The molecular formula is C24H21N3O5. The maximum absolute atomic E-state index is 12.9. The first-order valence-electron chi connectivity index (χ1n) is 10.2. The molecule has 1 aliphatic rings. The number of imide groups is 1. The van der Waals surface area contributed by atoms with E-state index in [0.717, 1.165) is 4.90 Å². The monoisotopic (exact) mass is 431 g/mol. The molecular weight excluding hydrogens is 410 g/mol. The molecule has 162 valence electrons. The minimum atomic E-state index is -0.450. The van der Waals surface area contributed by atoms with Gasteiger partial charge in [0.15, 0.2) is 0 Å². The van der Waals surface area contributed by atoms with Crippen molar-refractivity contribution in [1.82, 2.24) is 4.98 Å². The largest absolute Gasteiger partial charge is 0.462 e. The van der Waals surface area contributed by atoms with Crippen LogP contribution >= 0.6 is 0 Å². The van der Waals surface area contributed by atoms with E-state index < -0.39 is 5.97 Å². The molecule has 1 aliphatic heterocycles. The number of nitrogens with zero attached hydrogens (tertiary/aromatic N) is 2. The van der Waals surface area contributed by atoms with E-state index in [-0.39, 0.29) is 37.2 Å². The minimum Gasteiger partial charge on any atom is -0.462 e. The van der Waals surface area contributed by atoms with E-state index in [1.54, 1.807) is 55.5 Å². The molecule has 3 amide bonds. The summed E-state index contributed by atoms with van der Waals surface area (Å²) in [7, 11) is 0. The van der Waals surface area contributed by atoms with Crippen LogP contribution in [0.4, 0.5) is 11.4 Å². The Morgan fingerprint density at radius 1 is 1.00 bits per heavy atom. The highest BCUT2D eigenvalue weighted by atomic mass is 16.5. The summed E-state index contributed by atoms with van der Waals surface area (Å²) in [5.74, 6) is -1.32. The Balaban J connectivity index is 1.61. The zero-order valence-electron chi connectivity index (χ0n) is 17.7. The smallest absolute Gasteiger partial charge is 0.338 e. The molecule has 0 radical (unpaired) electrons. The molecule has 8 heteroatoms. The number of amides is 3. The standard InChI is InChI=1S/C24H21N3O5/c1-3-32-24(31)16-6-9-19-18(13-16)20(12-14(2)25-19)26-23(30)15-4-7-17(8-5-15)27-21(28)10-11-22(27)29/h4-9,12-13H,3,10-11H2,1-2H3,(H,25,26,30). The number of nitrogens with one attached hydrogen (secondary N) is 1. The predicted molar refractivity (Wildman–Crippen MR) is 119 cm³/mol. The van der Waals surface area contributed by atoms with E-state index in [1.807, 2.05) is 6.92 Å². The highest BCUT2D eigenvalue weighted by Gasteiger charge is 2.30. The molecule has 0 unspecified atom stereocenters. The second-order valence-electron chi connectivity index (χ2n) is 7.39. The molecule has 3 aromatic rings. The lowest BCUT2D eigenvalue weighted by atomic mass is 10.1. The third kappa shape index (κ3) is 4.07. The third-order valence-corrected chi connectivity index (χ3v) is 5.14. The Morgan fingerprint density at radius 2 is 1.66 bits per heavy atom. The summed E-state index contributed by atoms with van der Waals surface area (Å²) in [5.41, 5.74) is 3.02. The van der Waals surface area contributed by atoms with Crippen molar-refractivity contribution in [3.05, 3.63) is 65.4 Å². The van der Waals surface area contributed by atoms with Crippen molar-refractivity contribution in [3.8, 4) is 0 Å². The molecule has 1 fully saturated rings. The molecule has 2 heterocycles. The number of carbonyl (C=O) groups excluding carboxylic acids is 4. The van der Waals surface area contributed by atoms with E-state index in [4.69, 9.17) is 4.74 Å². The number of carbonyl (C=O) groups is 4. The number of hydrogen-bond acceptors (Lipinski definition) is 6.